The van der Waals surface area contributed by atoms with E-state index in [0.717, 1.165) is 48.8 Å². The first-order chi connectivity index (χ1) is 21.6. The van der Waals surface area contributed by atoms with Gasteiger partial charge in [0.25, 0.3) is 0 Å². The number of allylic oxidation sites excluding steroid dienone is 2. The molecule has 0 heterocycles. The van der Waals surface area contributed by atoms with Crippen LogP contribution in [-0.4, -0.2) is 28.4 Å². The number of carbonyl (C=O) groups is 1. The van der Waals surface area contributed by atoms with Crippen molar-refractivity contribution in [3.05, 3.63) is 120 Å². The molecule has 0 radical (unpaired) electrons. The monoisotopic (exact) mass is 598 g/mol. The van der Waals surface area contributed by atoms with Crippen molar-refractivity contribution in [2.45, 2.75) is 121 Å². The van der Waals surface area contributed by atoms with E-state index in [1.807, 2.05) is 91.0 Å². The Bertz CT molecular complexity index is 1120. The zero-order valence-electron chi connectivity index (χ0n) is 26.7. The molecule has 44 heavy (non-hydrogen) atoms. The third-order valence-corrected chi connectivity index (χ3v) is 8.36. The average molecular weight is 599 g/mol. The van der Waals surface area contributed by atoms with E-state index in [0.29, 0.717) is 6.42 Å². The molecule has 0 aromatic heterocycles. The first-order valence-electron chi connectivity index (χ1n) is 17.0. The quantitative estimate of drug-likeness (QED) is 0.0686. The first-order valence-corrected chi connectivity index (χ1v) is 17.0. The number of rotatable bonds is 22. The van der Waals surface area contributed by atoms with Gasteiger partial charge < -0.3 is 14.9 Å². The van der Waals surface area contributed by atoms with E-state index in [1.165, 1.54) is 51.4 Å². The minimum absolute atomic E-state index is 0.279. The second-order valence-electron chi connectivity index (χ2n) is 12.0. The van der Waals surface area contributed by atoms with Crippen molar-refractivity contribution >= 4 is 5.97 Å². The highest BCUT2D eigenvalue weighted by Gasteiger charge is 2.34. The lowest BCUT2D eigenvalue weighted by atomic mass is 9.83. The predicted molar refractivity (Wildman–Crippen MR) is 181 cm³/mol. The van der Waals surface area contributed by atoms with Gasteiger partial charge in [-0.2, -0.15) is 0 Å². The summed E-state index contributed by atoms with van der Waals surface area (Å²) in [4.78, 5) is 13.3. The fourth-order valence-electron chi connectivity index (χ4n) is 5.77. The average Bonchev–Trinajstić information content (AvgIpc) is 3.07. The molecule has 3 rings (SSSR count). The minimum Gasteiger partial charge on any atom is -0.454 e. The molecule has 0 fully saturated rings. The lowest BCUT2D eigenvalue weighted by Crippen LogP contribution is -2.37. The Morgan fingerprint density at radius 3 is 1.55 bits per heavy atom. The van der Waals surface area contributed by atoms with Gasteiger partial charge in [-0.1, -0.05) is 168 Å². The Hall–Kier alpha value is -3.21. The second kappa shape index (κ2) is 21.5. The lowest BCUT2D eigenvalue weighted by Gasteiger charge is -2.30. The molecule has 3 aromatic carbocycles. The number of unbranched alkanes of at least 4 members (excludes halogenated alkanes) is 11. The van der Waals surface area contributed by atoms with Crippen molar-refractivity contribution in [2.75, 3.05) is 0 Å². The highest BCUT2D eigenvalue weighted by molar-refractivity contribution is 5.75. The zero-order valence-corrected chi connectivity index (χ0v) is 26.7. The van der Waals surface area contributed by atoms with Crippen LogP contribution in [0, 0.1) is 0 Å². The molecule has 4 nitrogen and oxygen atoms in total. The van der Waals surface area contributed by atoms with Crippen molar-refractivity contribution in [1.29, 1.82) is 0 Å². The van der Waals surface area contributed by atoms with Crippen LogP contribution in [-0.2, 0) is 9.53 Å². The van der Waals surface area contributed by atoms with E-state index in [-0.39, 0.29) is 5.92 Å². The Kier molecular flexibility index (Phi) is 17.2. The topological polar surface area (TPSA) is 66.8 Å². The summed E-state index contributed by atoms with van der Waals surface area (Å²) in [6, 6.07) is 29.6. The van der Waals surface area contributed by atoms with Gasteiger partial charge in [0.05, 0.1) is 12.0 Å². The van der Waals surface area contributed by atoms with E-state index in [9.17, 15) is 15.0 Å². The van der Waals surface area contributed by atoms with E-state index < -0.39 is 24.3 Å². The molecule has 0 aliphatic heterocycles. The van der Waals surface area contributed by atoms with Crippen LogP contribution in [0.3, 0.4) is 0 Å². The van der Waals surface area contributed by atoms with Gasteiger partial charge in [-0.15, -0.1) is 0 Å². The molecule has 3 atom stereocenters. The Morgan fingerprint density at radius 2 is 1.05 bits per heavy atom. The smallest absolute Gasteiger partial charge is 0.338 e. The summed E-state index contributed by atoms with van der Waals surface area (Å²) in [6.07, 6.45) is 17.1. The van der Waals surface area contributed by atoms with Gasteiger partial charge in [0.2, 0.25) is 0 Å². The third kappa shape index (κ3) is 12.8. The zero-order chi connectivity index (χ0) is 31.2. The summed E-state index contributed by atoms with van der Waals surface area (Å²) >= 11 is 0. The largest absolute Gasteiger partial charge is 0.454 e. The van der Waals surface area contributed by atoms with E-state index in [1.54, 1.807) is 0 Å². The molecule has 238 valence electrons. The van der Waals surface area contributed by atoms with E-state index in [4.69, 9.17) is 4.74 Å². The van der Waals surface area contributed by atoms with Crippen LogP contribution in [0.15, 0.2) is 103 Å². The molecular formula is C40H54O4. The van der Waals surface area contributed by atoms with Crippen molar-refractivity contribution < 1.29 is 19.7 Å². The van der Waals surface area contributed by atoms with Gasteiger partial charge in [0, 0.05) is 0 Å². The highest BCUT2D eigenvalue weighted by atomic mass is 16.6. The van der Waals surface area contributed by atoms with Crippen LogP contribution in [0.2, 0.25) is 0 Å². The Labute approximate surface area is 266 Å². The van der Waals surface area contributed by atoms with Gasteiger partial charge in [0.15, 0.2) is 6.10 Å². The van der Waals surface area contributed by atoms with Crippen LogP contribution in [0.1, 0.15) is 126 Å². The number of esters is 1. The summed E-state index contributed by atoms with van der Waals surface area (Å²) in [5, 5.41) is 21.5. The first kappa shape index (κ1) is 35.3. The molecule has 0 aliphatic rings. The summed E-state index contributed by atoms with van der Waals surface area (Å²) < 4.78 is 6.06. The van der Waals surface area contributed by atoms with Crippen LogP contribution in [0.4, 0.5) is 0 Å². The standard InChI is InChI=1S/C40H54O4/c1-2-3-4-5-6-7-8-9-10-11-12-13-14-15-25-32-36(41)38(42)40(43)44-39(35-30-23-18-24-31-35)37(33-26-19-16-20-27-33)34-28-21-17-22-29-34/h9-10,16-24,26-31,36-39,41-42H,2-8,11-15,25,32H2,1H3. The molecule has 0 aliphatic carbocycles. The number of ether oxygens (including phenoxy) is 1. The van der Waals surface area contributed by atoms with Gasteiger partial charge >= 0.3 is 5.97 Å². The van der Waals surface area contributed by atoms with Crippen molar-refractivity contribution in [3.63, 3.8) is 0 Å². The van der Waals surface area contributed by atoms with Gasteiger partial charge in [-0.3, -0.25) is 0 Å². The molecule has 0 saturated carbocycles. The normalized spacial score (nSPS) is 13.6. The molecule has 2 N–H and O–H groups in total. The molecular weight excluding hydrogens is 544 g/mol. The SMILES string of the molecule is CCCCCCCCC=CCCCCCCCC(O)C(O)C(=O)OC(c1ccccc1)C(c1ccccc1)c1ccccc1. The molecule has 0 saturated heterocycles. The van der Waals surface area contributed by atoms with Crippen molar-refractivity contribution in [2.24, 2.45) is 0 Å². The van der Waals surface area contributed by atoms with E-state index >= 15 is 0 Å². The summed E-state index contributed by atoms with van der Waals surface area (Å²) in [5.74, 6) is -1.07. The molecule has 3 unspecified atom stereocenters. The van der Waals surface area contributed by atoms with Crippen LogP contribution in [0.25, 0.3) is 0 Å². The van der Waals surface area contributed by atoms with Gasteiger partial charge in [-0.05, 0) is 48.8 Å². The van der Waals surface area contributed by atoms with Crippen molar-refractivity contribution in [3.8, 4) is 0 Å². The van der Waals surface area contributed by atoms with E-state index in [2.05, 4.69) is 19.1 Å². The maximum Gasteiger partial charge on any atom is 0.338 e. The number of carbonyl (C=O) groups excluding carboxylic acids is 1. The third-order valence-electron chi connectivity index (χ3n) is 8.36. The number of hydrogen-bond donors (Lipinski definition) is 2. The highest BCUT2D eigenvalue weighted by Crippen LogP contribution is 2.39. The predicted octanol–water partition coefficient (Wildman–Crippen LogP) is 9.86. The van der Waals surface area contributed by atoms with Crippen LogP contribution >= 0.6 is 0 Å². The van der Waals surface area contributed by atoms with Gasteiger partial charge in [0.1, 0.15) is 6.10 Å². The fourth-order valence-corrected chi connectivity index (χ4v) is 5.77. The maximum atomic E-state index is 13.3. The molecule has 0 amide bonds. The van der Waals surface area contributed by atoms with Crippen LogP contribution < -0.4 is 0 Å². The summed E-state index contributed by atoms with van der Waals surface area (Å²) in [7, 11) is 0. The number of benzene rings is 3. The molecule has 4 heteroatoms. The van der Waals surface area contributed by atoms with Crippen LogP contribution in [0.5, 0.6) is 0 Å². The Balaban J connectivity index is 1.45. The van der Waals surface area contributed by atoms with Gasteiger partial charge in [-0.25, -0.2) is 4.79 Å². The lowest BCUT2D eigenvalue weighted by molar-refractivity contribution is -0.166. The summed E-state index contributed by atoms with van der Waals surface area (Å²) in [5.41, 5.74) is 2.84. The number of aliphatic hydroxyl groups is 2. The Morgan fingerprint density at radius 1 is 0.614 bits per heavy atom. The minimum atomic E-state index is -1.59. The molecule has 0 bridgehead atoms. The molecule has 0 spiro atoms. The maximum absolute atomic E-state index is 13.3. The number of hydrogen-bond acceptors (Lipinski definition) is 4. The summed E-state index contributed by atoms with van der Waals surface area (Å²) in [6.45, 7) is 2.26. The molecule has 3 aromatic rings. The fraction of sp³-hybridized carbons (Fsp3) is 0.475. The second-order valence-corrected chi connectivity index (χ2v) is 12.0. The number of aliphatic hydroxyl groups excluding tert-OH is 2. The van der Waals surface area contributed by atoms with Crippen molar-refractivity contribution in [1.82, 2.24) is 0 Å².